The number of amidine groups is 2. The second-order valence-electron chi connectivity index (χ2n) is 15.0. The summed E-state index contributed by atoms with van der Waals surface area (Å²) in [5.74, 6) is 0.895. The summed E-state index contributed by atoms with van der Waals surface area (Å²) in [5, 5.41) is 13.3. The van der Waals surface area contributed by atoms with E-state index in [1.807, 2.05) is 84.9 Å². The molecule has 4 nitrogen and oxygen atoms in total. The van der Waals surface area contributed by atoms with Crippen LogP contribution >= 0.6 is 0 Å². The van der Waals surface area contributed by atoms with Crippen LogP contribution < -0.4 is 5.73 Å². The summed E-state index contributed by atoms with van der Waals surface area (Å²) in [4.78, 5) is 9.93. The van der Waals surface area contributed by atoms with Crippen LogP contribution in [0.25, 0.3) is 77.5 Å². The Hall–Kier alpha value is -8.13. The Morgan fingerprint density at radius 1 is 0.450 bits per heavy atom. The Morgan fingerprint density at radius 3 is 1.68 bits per heavy atom. The van der Waals surface area contributed by atoms with E-state index in [-0.39, 0.29) is 0 Å². The molecule has 0 spiro atoms. The van der Waals surface area contributed by atoms with E-state index in [9.17, 15) is 5.26 Å². The van der Waals surface area contributed by atoms with Crippen LogP contribution in [0.15, 0.2) is 216 Å². The van der Waals surface area contributed by atoms with Crippen LogP contribution in [0.4, 0.5) is 0 Å². The molecule has 1 aliphatic rings. The third kappa shape index (κ3) is 6.75. The molecule has 0 saturated heterocycles. The SMILES string of the molecule is N#Cc1c(-c2ccc(-c3cccc4c3-c3cccc5cccc-4c35)cc2)cccc1-c1cccc(C(N=C(N)c2ccccc2)=NCc2ccc(-c3ccccc3)cc2)c1. The molecule has 0 radical (unpaired) electrons. The van der Waals surface area contributed by atoms with Gasteiger partial charge in [0, 0.05) is 22.3 Å². The molecule has 1 aliphatic carbocycles. The molecular formula is C56H38N4. The highest BCUT2D eigenvalue weighted by Gasteiger charge is 2.24. The number of nitrogens with zero attached hydrogens (tertiary/aromatic N) is 3. The minimum Gasteiger partial charge on any atom is -0.383 e. The molecule has 9 aromatic carbocycles. The second kappa shape index (κ2) is 15.7. The van der Waals surface area contributed by atoms with Crippen LogP contribution in [-0.4, -0.2) is 11.7 Å². The van der Waals surface area contributed by atoms with Crippen LogP contribution in [0.3, 0.4) is 0 Å². The minimum absolute atomic E-state index is 0.379. The fourth-order valence-electron chi connectivity index (χ4n) is 8.47. The van der Waals surface area contributed by atoms with Crippen LogP contribution in [0, 0.1) is 11.3 Å². The van der Waals surface area contributed by atoms with Crippen molar-refractivity contribution in [3.63, 3.8) is 0 Å². The molecule has 60 heavy (non-hydrogen) atoms. The highest BCUT2D eigenvalue weighted by molar-refractivity contribution is 6.18. The number of hydrogen-bond donors (Lipinski definition) is 1. The van der Waals surface area contributed by atoms with E-state index in [4.69, 9.17) is 15.7 Å². The van der Waals surface area contributed by atoms with Crippen molar-refractivity contribution in [3.8, 4) is 72.8 Å². The van der Waals surface area contributed by atoms with Gasteiger partial charge in [0.05, 0.1) is 12.1 Å². The van der Waals surface area contributed by atoms with Gasteiger partial charge >= 0.3 is 0 Å². The van der Waals surface area contributed by atoms with Crippen molar-refractivity contribution >= 4 is 22.4 Å². The number of aliphatic imine (C=N–C) groups is 2. The average molecular weight is 767 g/mol. The molecule has 0 fully saturated rings. The van der Waals surface area contributed by atoms with E-state index in [1.165, 1.54) is 44.2 Å². The largest absolute Gasteiger partial charge is 0.383 e. The van der Waals surface area contributed by atoms with Gasteiger partial charge in [0.25, 0.3) is 0 Å². The van der Waals surface area contributed by atoms with Crippen molar-refractivity contribution in [2.24, 2.45) is 15.7 Å². The molecular weight excluding hydrogens is 729 g/mol. The van der Waals surface area contributed by atoms with Crippen LogP contribution in [-0.2, 0) is 6.54 Å². The molecule has 282 valence electrons. The summed E-state index contributed by atoms with van der Waals surface area (Å²) < 4.78 is 0. The van der Waals surface area contributed by atoms with Crippen molar-refractivity contribution in [1.82, 2.24) is 0 Å². The van der Waals surface area contributed by atoms with Gasteiger partial charge in [0.2, 0.25) is 0 Å². The summed E-state index contributed by atoms with van der Waals surface area (Å²) in [7, 11) is 0. The molecule has 0 heterocycles. The van der Waals surface area contributed by atoms with E-state index in [0.717, 1.165) is 50.1 Å². The van der Waals surface area contributed by atoms with Gasteiger partial charge < -0.3 is 5.73 Å². The molecule has 0 saturated carbocycles. The predicted molar refractivity (Wildman–Crippen MR) is 249 cm³/mol. The first-order chi connectivity index (χ1) is 29.6. The molecule has 4 heteroatoms. The van der Waals surface area contributed by atoms with Crippen molar-refractivity contribution < 1.29 is 0 Å². The fourth-order valence-corrected chi connectivity index (χ4v) is 8.47. The quantitative estimate of drug-likeness (QED) is 0.124. The van der Waals surface area contributed by atoms with Crippen molar-refractivity contribution in [2.45, 2.75) is 6.54 Å². The smallest absolute Gasteiger partial charge is 0.157 e. The summed E-state index contributed by atoms with van der Waals surface area (Å²) >= 11 is 0. The zero-order valence-corrected chi connectivity index (χ0v) is 32.8. The van der Waals surface area contributed by atoms with Gasteiger partial charge in [-0.15, -0.1) is 0 Å². The lowest BCUT2D eigenvalue weighted by atomic mass is 9.89. The number of benzene rings is 9. The lowest BCUT2D eigenvalue weighted by Gasteiger charge is -2.14. The van der Waals surface area contributed by atoms with Gasteiger partial charge in [-0.2, -0.15) is 5.26 Å². The Kier molecular flexibility index (Phi) is 9.46. The van der Waals surface area contributed by atoms with Gasteiger partial charge in [0.1, 0.15) is 11.9 Å². The fraction of sp³-hybridized carbons (Fsp3) is 0.0179. The Morgan fingerprint density at radius 2 is 0.967 bits per heavy atom. The topological polar surface area (TPSA) is 74.5 Å². The number of nitrogens with two attached hydrogens (primary N) is 1. The summed E-state index contributed by atoms with van der Waals surface area (Å²) in [5.41, 5.74) is 23.2. The molecule has 10 rings (SSSR count). The van der Waals surface area contributed by atoms with Crippen molar-refractivity contribution in [2.75, 3.05) is 0 Å². The highest BCUT2D eigenvalue weighted by Crippen LogP contribution is 2.51. The van der Waals surface area contributed by atoms with Crippen molar-refractivity contribution in [1.29, 1.82) is 5.26 Å². The Bertz CT molecular complexity index is 3150. The molecule has 0 aliphatic heterocycles. The molecule has 0 amide bonds. The maximum absolute atomic E-state index is 10.7. The van der Waals surface area contributed by atoms with Gasteiger partial charge in [-0.25, -0.2) is 4.99 Å². The first-order valence-corrected chi connectivity index (χ1v) is 20.1. The average Bonchev–Trinajstić information content (AvgIpc) is 3.66. The first kappa shape index (κ1) is 36.2. The van der Waals surface area contributed by atoms with E-state index >= 15 is 0 Å². The van der Waals surface area contributed by atoms with Gasteiger partial charge in [0.15, 0.2) is 5.84 Å². The highest BCUT2D eigenvalue weighted by atomic mass is 15.0. The molecule has 2 N–H and O–H groups in total. The second-order valence-corrected chi connectivity index (χ2v) is 15.0. The summed E-state index contributed by atoms with van der Waals surface area (Å²) in [6.45, 7) is 0.420. The molecule has 0 aromatic heterocycles. The molecule has 9 aromatic rings. The van der Waals surface area contributed by atoms with Crippen LogP contribution in [0.2, 0.25) is 0 Å². The normalized spacial score (nSPS) is 12.0. The van der Waals surface area contributed by atoms with E-state index < -0.39 is 0 Å². The third-order valence-corrected chi connectivity index (χ3v) is 11.4. The maximum atomic E-state index is 10.7. The number of fused-ring (bicyclic) bond motifs is 3. The molecule has 0 bridgehead atoms. The number of nitriles is 1. The van der Waals surface area contributed by atoms with Crippen LogP contribution in [0.5, 0.6) is 0 Å². The van der Waals surface area contributed by atoms with E-state index in [0.29, 0.717) is 23.8 Å². The summed E-state index contributed by atoms with van der Waals surface area (Å²) in [6.07, 6.45) is 0. The lowest BCUT2D eigenvalue weighted by Crippen LogP contribution is -2.16. The van der Waals surface area contributed by atoms with E-state index in [1.54, 1.807) is 0 Å². The molecule has 0 unspecified atom stereocenters. The zero-order chi connectivity index (χ0) is 40.4. The van der Waals surface area contributed by atoms with E-state index in [2.05, 4.69) is 127 Å². The maximum Gasteiger partial charge on any atom is 0.157 e. The molecule has 0 atom stereocenters. The predicted octanol–water partition coefficient (Wildman–Crippen LogP) is 13.4. The van der Waals surface area contributed by atoms with Gasteiger partial charge in [-0.3, -0.25) is 4.99 Å². The van der Waals surface area contributed by atoms with Crippen LogP contribution in [0.1, 0.15) is 22.3 Å². The first-order valence-electron chi connectivity index (χ1n) is 20.1. The lowest BCUT2D eigenvalue weighted by molar-refractivity contribution is 1.06. The zero-order valence-electron chi connectivity index (χ0n) is 32.8. The minimum atomic E-state index is 0.379. The third-order valence-electron chi connectivity index (χ3n) is 11.4. The van der Waals surface area contributed by atoms with Gasteiger partial charge in [-0.1, -0.05) is 200 Å². The summed E-state index contributed by atoms with van der Waals surface area (Å²) in [6, 6.07) is 73.5. The number of rotatable bonds is 8. The number of hydrogen-bond acceptors (Lipinski definition) is 2. The Balaban J connectivity index is 0.983. The monoisotopic (exact) mass is 766 g/mol. The Labute approximate surface area is 349 Å². The standard InChI is InChI=1S/C56H38N4/c57-35-52-46(40-30-32-41(33-31-40)48-22-11-24-50-49-23-8-16-42-17-9-25-51(53(42)49)54(48)50)20-10-21-47(52)44-18-7-19-45(34-44)56(60-55(58)43-14-5-2-6-15-43)59-36-37-26-28-39(29-27-37)38-12-3-1-4-13-38/h1-34H,36H2,(H2,58,59,60). The van der Waals surface area contributed by atoms with Gasteiger partial charge in [-0.05, 0) is 78.0 Å². The van der Waals surface area contributed by atoms with Crippen molar-refractivity contribution in [3.05, 3.63) is 229 Å².